The number of rotatable bonds is 7. The van der Waals surface area contributed by atoms with Gasteiger partial charge in [0.1, 0.15) is 0 Å². The Morgan fingerprint density at radius 1 is 1.16 bits per heavy atom. The summed E-state index contributed by atoms with van der Waals surface area (Å²) in [6.07, 6.45) is 1.61. The van der Waals surface area contributed by atoms with Crippen molar-refractivity contribution in [1.82, 2.24) is 0 Å². The molecule has 2 amide bonds. The third-order valence-corrected chi connectivity index (χ3v) is 5.94. The Labute approximate surface area is 187 Å². The second-order valence-electron chi connectivity index (χ2n) is 7.65. The number of hydrogen-bond acceptors (Lipinski definition) is 4. The Morgan fingerprint density at radius 2 is 1.84 bits per heavy atom. The highest BCUT2D eigenvalue weighted by molar-refractivity contribution is 6.31. The van der Waals surface area contributed by atoms with Gasteiger partial charge in [-0.25, -0.2) is 0 Å². The largest absolute Gasteiger partial charge is 0.455 e. The maximum atomic E-state index is 12.5. The fraction of sp³-hybridized carbons (Fsp3) is 0.375. The van der Waals surface area contributed by atoms with Crippen molar-refractivity contribution in [3.63, 3.8) is 0 Å². The van der Waals surface area contributed by atoms with Crippen molar-refractivity contribution in [3.05, 3.63) is 58.1 Å². The minimum Gasteiger partial charge on any atom is -0.455 e. The summed E-state index contributed by atoms with van der Waals surface area (Å²) in [5, 5.41) is 3.44. The fourth-order valence-electron chi connectivity index (χ4n) is 3.70. The normalized spacial score (nSPS) is 15.8. The summed E-state index contributed by atoms with van der Waals surface area (Å²) in [7, 11) is 0. The van der Waals surface area contributed by atoms with Crippen LogP contribution < -0.4 is 10.2 Å². The number of para-hydroxylation sites is 1. The van der Waals surface area contributed by atoms with E-state index in [1.165, 1.54) is 4.90 Å². The van der Waals surface area contributed by atoms with Crippen LogP contribution in [0.5, 0.6) is 0 Å². The van der Waals surface area contributed by atoms with Crippen molar-refractivity contribution in [1.29, 1.82) is 0 Å². The van der Waals surface area contributed by atoms with Gasteiger partial charge in [-0.2, -0.15) is 0 Å². The summed E-state index contributed by atoms with van der Waals surface area (Å²) in [6, 6.07) is 11.3. The van der Waals surface area contributed by atoms with Gasteiger partial charge in [-0.1, -0.05) is 49.7 Å². The van der Waals surface area contributed by atoms with Gasteiger partial charge in [-0.15, -0.1) is 0 Å². The van der Waals surface area contributed by atoms with Gasteiger partial charge in [0, 0.05) is 29.4 Å². The second-order valence-corrected chi connectivity index (χ2v) is 8.06. The van der Waals surface area contributed by atoms with Crippen LogP contribution in [-0.2, 0) is 32.0 Å². The molecule has 0 bridgehead atoms. The Hall–Kier alpha value is -2.86. The molecule has 1 fully saturated rings. The van der Waals surface area contributed by atoms with Crippen molar-refractivity contribution in [2.45, 2.75) is 40.0 Å². The fourth-order valence-corrected chi connectivity index (χ4v) is 3.87. The van der Waals surface area contributed by atoms with Gasteiger partial charge in [0.15, 0.2) is 6.61 Å². The van der Waals surface area contributed by atoms with E-state index in [9.17, 15) is 14.4 Å². The molecule has 6 nitrogen and oxygen atoms in total. The Balaban J connectivity index is 1.58. The third-order valence-electron chi connectivity index (χ3n) is 5.53. The molecule has 0 aromatic heterocycles. The lowest BCUT2D eigenvalue weighted by Crippen LogP contribution is -2.28. The van der Waals surface area contributed by atoms with E-state index in [2.05, 4.69) is 5.32 Å². The van der Waals surface area contributed by atoms with E-state index in [-0.39, 0.29) is 25.5 Å². The first-order chi connectivity index (χ1) is 14.8. The van der Waals surface area contributed by atoms with Crippen LogP contribution >= 0.6 is 11.6 Å². The lowest BCUT2D eigenvalue weighted by atomic mass is 10.0. The molecule has 164 valence electrons. The molecular formula is C24H27ClN2O4. The van der Waals surface area contributed by atoms with E-state index in [1.807, 2.05) is 45.0 Å². The van der Waals surface area contributed by atoms with Crippen LogP contribution in [0.1, 0.15) is 37.0 Å². The molecule has 2 aromatic rings. The van der Waals surface area contributed by atoms with Gasteiger partial charge in [-0.3, -0.25) is 14.4 Å². The summed E-state index contributed by atoms with van der Waals surface area (Å²) in [5.41, 5.74) is 4.42. The number of nitrogens with zero attached hydrogens (tertiary/aromatic N) is 1. The van der Waals surface area contributed by atoms with E-state index >= 15 is 0 Å². The minimum atomic E-state index is -0.616. The molecule has 3 rings (SSSR count). The van der Waals surface area contributed by atoms with Crippen molar-refractivity contribution in [3.8, 4) is 0 Å². The van der Waals surface area contributed by atoms with Crippen LogP contribution in [0, 0.1) is 12.8 Å². The topological polar surface area (TPSA) is 75.7 Å². The predicted molar refractivity (Wildman–Crippen MR) is 121 cm³/mol. The summed E-state index contributed by atoms with van der Waals surface area (Å²) in [4.78, 5) is 38.8. The van der Waals surface area contributed by atoms with Gasteiger partial charge in [0.2, 0.25) is 5.91 Å². The number of benzene rings is 2. The van der Waals surface area contributed by atoms with Crippen molar-refractivity contribution in [2.75, 3.05) is 23.4 Å². The van der Waals surface area contributed by atoms with Crippen molar-refractivity contribution < 1.29 is 19.1 Å². The monoisotopic (exact) mass is 442 g/mol. The highest BCUT2D eigenvalue weighted by atomic mass is 35.5. The molecular weight excluding hydrogens is 416 g/mol. The number of halogens is 1. The number of anilines is 2. The summed E-state index contributed by atoms with van der Waals surface area (Å²) < 4.78 is 5.23. The minimum absolute atomic E-state index is 0.0462. The lowest BCUT2D eigenvalue weighted by Gasteiger charge is -2.17. The Bertz CT molecular complexity index is 983. The zero-order valence-corrected chi connectivity index (χ0v) is 18.8. The van der Waals surface area contributed by atoms with Gasteiger partial charge in [0.25, 0.3) is 5.91 Å². The maximum absolute atomic E-state index is 12.5. The number of carbonyl (C=O) groups excluding carboxylic acids is 3. The van der Waals surface area contributed by atoms with E-state index in [0.29, 0.717) is 10.7 Å². The molecule has 0 spiro atoms. The average Bonchev–Trinajstić information content (AvgIpc) is 3.15. The molecule has 0 radical (unpaired) electrons. The number of carbonyl (C=O) groups is 3. The maximum Gasteiger partial charge on any atom is 0.311 e. The molecule has 2 aromatic carbocycles. The van der Waals surface area contributed by atoms with E-state index in [4.69, 9.17) is 16.3 Å². The number of aryl methyl sites for hydroxylation is 3. The van der Waals surface area contributed by atoms with E-state index in [0.717, 1.165) is 35.2 Å². The third kappa shape index (κ3) is 5.25. The number of nitrogens with one attached hydrogen (secondary N) is 1. The van der Waals surface area contributed by atoms with Gasteiger partial charge >= 0.3 is 5.97 Å². The zero-order valence-electron chi connectivity index (χ0n) is 18.0. The number of ether oxygens (including phenoxy) is 1. The molecule has 1 aliphatic heterocycles. The summed E-state index contributed by atoms with van der Waals surface area (Å²) >= 11 is 6.16. The van der Waals surface area contributed by atoms with Crippen LogP contribution in [0.2, 0.25) is 5.02 Å². The molecule has 0 aliphatic carbocycles. The number of esters is 1. The Kier molecular flexibility index (Phi) is 7.33. The first kappa shape index (κ1) is 22.8. The number of hydrogen-bond donors (Lipinski definition) is 1. The molecule has 31 heavy (non-hydrogen) atoms. The first-order valence-corrected chi connectivity index (χ1v) is 10.9. The predicted octanol–water partition coefficient (Wildman–Crippen LogP) is 4.31. The summed E-state index contributed by atoms with van der Waals surface area (Å²) in [6.45, 7) is 5.74. The van der Waals surface area contributed by atoms with Crippen LogP contribution in [0.15, 0.2) is 36.4 Å². The van der Waals surface area contributed by atoms with Crippen molar-refractivity contribution in [2.24, 2.45) is 5.92 Å². The van der Waals surface area contributed by atoms with E-state index in [1.54, 1.807) is 12.1 Å². The molecule has 1 aliphatic rings. The van der Waals surface area contributed by atoms with Gasteiger partial charge in [-0.05, 0) is 48.6 Å². The van der Waals surface area contributed by atoms with Crippen LogP contribution in [0.4, 0.5) is 11.4 Å². The number of amides is 2. The standard InChI is InChI=1S/C24H27ClN2O4/c1-4-16-7-6-8-17(5-2)23(16)26-21(28)14-31-24(30)18-11-22(29)27(13-18)19-10-9-15(3)20(25)12-19/h6-10,12,18H,4-5,11,13-14H2,1-3H3,(H,26,28)/t18-/m1/s1. The highest BCUT2D eigenvalue weighted by Crippen LogP contribution is 2.29. The highest BCUT2D eigenvalue weighted by Gasteiger charge is 2.36. The molecule has 1 atom stereocenters. The molecule has 1 N–H and O–H groups in total. The SMILES string of the molecule is CCc1cccc(CC)c1NC(=O)COC(=O)[C@@H]1CC(=O)N(c2ccc(C)c(Cl)c2)C1. The van der Waals surface area contributed by atoms with Crippen LogP contribution in [0.25, 0.3) is 0 Å². The molecule has 1 saturated heterocycles. The average molecular weight is 443 g/mol. The first-order valence-electron chi connectivity index (χ1n) is 10.5. The Morgan fingerprint density at radius 3 is 2.45 bits per heavy atom. The van der Waals surface area contributed by atoms with E-state index < -0.39 is 17.8 Å². The van der Waals surface area contributed by atoms with Crippen LogP contribution in [-0.4, -0.2) is 30.9 Å². The smallest absolute Gasteiger partial charge is 0.311 e. The molecule has 0 saturated carbocycles. The van der Waals surface area contributed by atoms with Crippen molar-refractivity contribution >= 4 is 40.8 Å². The van der Waals surface area contributed by atoms with Gasteiger partial charge in [0.05, 0.1) is 5.92 Å². The molecule has 7 heteroatoms. The zero-order chi connectivity index (χ0) is 22.5. The molecule has 0 unspecified atom stereocenters. The van der Waals surface area contributed by atoms with Crippen LogP contribution in [0.3, 0.4) is 0 Å². The van der Waals surface area contributed by atoms with Gasteiger partial charge < -0.3 is 15.0 Å². The second kappa shape index (κ2) is 9.96. The lowest BCUT2D eigenvalue weighted by molar-refractivity contribution is -0.151. The quantitative estimate of drug-likeness (QED) is 0.648. The summed E-state index contributed by atoms with van der Waals surface area (Å²) in [5.74, 6) is -1.73. The molecule has 1 heterocycles.